The molecule has 4 nitrogen and oxygen atoms in total. The minimum Gasteiger partial charge on any atom is -0.341 e. The summed E-state index contributed by atoms with van der Waals surface area (Å²) in [4.78, 5) is 30.3. The van der Waals surface area contributed by atoms with Crippen LogP contribution in [0.15, 0.2) is 77.8 Å². The van der Waals surface area contributed by atoms with Crippen molar-refractivity contribution in [1.29, 1.82) is 0 Å². The van der Waals surface area contributed by atoms with E-state index in [2.05, 4.69) is 57.2 Å². The molecule has 0 unspecified atom stereocenters. The molecule has 5 heteroatoms. The van der Waals surface area contributed by atoms with E-state index in [-0.39, 0.29) is 11.9 Å². The Kier molecular flexibility index (Phi) is 9.45. The van der Waals surface area contributed by atoms with Gasteiger partial charge in [0.1, 0.15) is 0 Å². The van der Waals surface area contributed by atoms with Gasteiger partial charge >= 0.3 is 6.15 Å². The van der Waals surface area contributed by atoms with E-state index >= 15 is 0 Å². The number of nitrogens with zero attached hydrogens (tertiary/aromatic N) is 1. The smallest absolute Gasteiger partial charge is 0.341 e. The van der Waals surface area contributed by atoms with Crippen LogP contribution in [0.25, 0.3) is 6.08 Å². The minimum atomic E-state index is 0.0589. The predicted octanol–water partition coefficient (Wildman–Crippen LogP) is 6.30. The highest BCUT2D eigenvalue weighted by Crippen LogP contribution is 2.27. The van der Waals surface area contributed by atoms with Crippen LogP contribution in [0.4, 0.5) is 0 Å². The number of rotatable bonds is 7. The molecule has 1 aromatic heterocycles. The van der Waals surface area contributed by atoms with E-state index in [1.165, 1.54) is 10.5 Å². The Morgan fingerprint density at radius 3 is 2.22 bits per heavy atom. The third kappa shape index (κ3) is 8.18. The summed E-state index contributed by atoms with van der Waals surface area (Å²) in [6, 6.07) is 20.2. The first-order valence-corrected chi connectivity index (χ1v) is 11.4. The molecule has 0 radical (unpaired) electrons. The van der Waals surface area contributed by atoms with E-state index in [4.69, 9.17) is 9.59 Å². The third-order valence-corrected chi connectivity index (χ3v) is 6.16. The van der Waals surface area contributed by atoms with E-state index in [0.29, 0.717) is 17.7 Å². The van der Waals surface area contributed by atoms with Gasteiger partial charge in [-0.15, -0.1) is 11.8 Å². The number of carbonyl (C=O) groups excluding carboxylic acids is 3. The molecule has 0 atom stereocenters. The summed E-state index contributed by atoms with van der Waals surface area (Å²) in [7, 11) is 0. The highest BCUT2D eigenvalue weighted by atomic mass is 32.2. The topological polar surface area (TPSA) is 56.1 Å². The Bertz CT molecular complexity index is 1070. The number of aryl methyl sites for hydroxylation is 1. The first-order valence-electron chi connectivity index (χ1n) is 10.4. The van der Waals surface area contributed by atoms with Crippen molar-refractivity contribution < 1.29 is 14.4 Å². The van der Waals surface area contributed by atoms with Crippen LogP contribution in [0.1, 0.15) is 48.0 Å². The number of hydrogen-bond acceptors (Lipinski definition) is 4. The van der Waals surface area contributed by atoms with Crippen molar-refractivity contribution in [3.63, 3.8) is 0 Å². The summed E-state index contributed by atoms with van der Waals surface area (Å²) in [5.74, 6) is 1.16. The Hall–Kier alpha value is -3.14. The number of carbonyl (C=O) groups is 1. The third-order valence-electron chi connectivity index (χ3n) is 4.54. The molecule has 3 rings (SSSR count). The second-order valence-electron chi connectivity index (χ2n) is 8.65. The van der Waals surface area contributed by atoms with E-state index in [9.17, 15) is 4.79 Å². The zero-order valence-electron chi connectivity index (χ0n) is 19.0. The number of hydrogen-bond donors (Lipinski definition) is 0. The Morgan fingerprint density at radius 1 is 1.00 bits per heavy atom. The average molecular weight is 448 g/mol. The minimum absolute atomic E-state index is 0.0589. The van der Waals surface area contributed by atoms with Gasteiger partial charge in [-0.25, -0.2) is 0 Å². The van der Waals surface area contributed by atoms with Crippen LogP contribution in [-0.4, -0.2) is 22.3 Å². The van der Waals surface area contributed by atoms with E-state index < -0.39 is 0 Å². The number of benzene rings is 2. The van der Waals surface area contributed by atoms with Gasteiger partial charge in [0.25, 0.3) is 0 Å². The lowest BCUT2D eigenvalue weighted by Gasteiger charge is -2.17. The van der Waals surface area contributed by atoms with Gasteiger partial charge in [0.15, 0.2) is 0 Å². The van der Waals surface area contributed by atoms with Crippen molar-refractivity contribution in [1.82, 2.24) is 4.57 Å². The fourth-order valence-electron chi connectivity index (χ4n) is 2.91. The molecule has 0 fully saturated rings. The molecule has 0 N–H and O–H groups in total. The SMILES string of the molecule is Cc1ccc(C(=O)c2cccn2C/C=C/c2ccc(SCC(C)(C)C)cc2)cc1.O=C=O. The Morgan fingerprint density at radius 2 is 1.62 bits per heavy atom. The van der Waals surface area contributed by atoms with Crippen LogP contribution >= 0.6 is 11.8 Å². The molecule has 0 aliphatic rings. The second-order valence-corrected chi connectivity index (χ2v) is 9.69. The molecule has 0 saturated carbocycles. The number of ketones is 1. The maximum absolute atomic E-state index is 12.8. The Labute approximate surface area is 194 Å². The van der Waals surface area contributed by atoms with Gasteiger partial charge in [0, 0.05) is 29.0 Å². The fourth-order valence-corrected chi connectivity index (χ4v) is 3.84. The first kappa shape index (κ1) is 25.1. The number of thioether (sulfide) groups is 1. The van der Waals surface area contributed by atoms with Gasteiger partial charge in [0.05, 0.1) is 5.69 Å². The average Bonchev–Trinajstić information content (AvgIpc) is 3.22. The molecule has 0 saturated heterocycles. The standard InChI is InChI=1S/C26H29NOS.CO2/c1-20-9-13-22(14-10-20)25(28)24-8-6-18-27(24)17-5-7-21-11-15-23(16-12-21)29-19-26(2,3)4;2-1-3/h5-16,18H,17,19H2,1-4H3;/b7-5+;. The van der Waals surface area contributed by atoms with E-state index in [1.54, 1.807) is 0 Å². The summed E-state index contributed by atoms with van der Waals surface area (Å²) in [6.07, 6.45) is 6.42. The molecule has 0 spiro atoms. The van der Waals surface area contributed by atoms with Crippen LogP contribution in [0, 0.1) is 12.3 Å². The van der Waals surface area contributed by atoms with Crippen molar-refractivity contribution in [2.45, 2.75) is 39.1 Å². The van der Waals surface area contributed by atoms with Crippen LogP contribution in [0.3, 0.4) is 0 Å². The lowest BCUT2D eigenvalue weighted by atomic mass is 10.0. The normalized spacial score (nSPS) is 11.0. The number of allylic oxidation sites excluding steroid dienone is 1. The van der Waals surface area contributed by atoms with E-state index in [0.717, 1.165) is 16.9 Å². The molecular weight excluding hydrogens is 418 g/mol. The Balaban J connectivity index is 0.00000114. The van der Waals surface area contributed by atoms with Crippen molar-refractivity contribution in [3.05, 3.63) is 95.3 Å². The van der Waals surface area contributed by atoms with Gasteiger partial charge in [0.2, 0.25) is 5.78 Å². The lowest BCUT2D eigenvalue weighted by molar-refractivity contribution is -0.191. The van der Waals surface area contributed by atoms with Gasteiger partial charge in [-0.1, -0.05) is 74.9 Å². The van der Waals surface area contributed by atoms with Crippen molar-refractivity contribution >= 4 is 29.8 Å². The maximum Gasteiger partial charge on any atom is 0.373 e. The van der Waals surface area contributed by atoms with Gasteiger partial charge in [-0.2, -0.15) is 9.59 Å². The maximum atomic E-state index is 12.8. The molecule has 1 heterocycles. The summed E-state index contributed by atoms with van der Waals surface area (Å²) >= 11 is 1.90. The molecule has 0 amide bonds. The molecule has 32 heavy (non-hydrogen) atoms. The summed E-state index contributed by atoms with van der Waals surface area (Å²) in [6.45, 7) is 9.47. The first-order chi connectivity index (χ1) is 15.2. The van der Waals surface area contributed by atoms with Crippen LogP contribution < -0.4 is 0 Å². The molecule has 2 aromatic carbocycles. The zero-order valence-corrected chi connectivity index (χ0v) is 19.8. The number of aromatic nitrogens is 1. The monoisotopic (exact) mass is 447 g/mol. The summed E-state index contributed by atoms with van der Waals surface area (Å²) in [5, 5.41) is 0. The summed E-state index contributed by atoms with van der Waals surface area (Å²) < 4.78 is 1.99. The highest BCUT2D eigenvalue weighted by molar-refractivity contribution is 7.99. The molecule has 0 aliphatic carbocycles. The summed E-state index contributed by atoms with van der Waals surface area (Å²) in [5.41, 5.74) is 4.09. The molecule has 0 aliphatic heterocycles. The highest BCUT2D eigenvalue weighted by Gasteiger charge is 2.12. The van der Waals surface area contributed by atoms with Crippen molar-refractivity contribution in [2.75, 3.05) is 5.75 Å². The molecule has 0 bridgehead atoms. The molecule has 3 aromatic rings. The fraction of sp³-hybridized carbons (Fsp3) is 0.259. The van der Waals surface area contributed by atoms with Crippen LogP contribution in [0.5, 0.6) is 0 Å². The second kappa shape index (κ2) is 12.0. The van der Waals surface area contributed by atoms with Crippen LogP contribution in [0.2, 0.25) is 0 Å². The zero-order chi connectivity index (χ0) is 23.6. The van der Waals surface area contributed by atoms with Gasteiger partial charge < -0.3 is 4.57 Å². The van der Waals surface area contributed by atoms with Crippen molar-refractivity contribution in [3.8, 4) is 0 Å². The quantitative estimate of drug-likeness (QED) is 0.315. The predicted molar refractivity (Wildman–Crippen MR) is 130 cm³/mol. The van der Waals surface area contributed by atoms with Crippen molar-refractivity contribution in [2.24, 2.45) is 5.41 Å². The van der Waals surface area contributed by atoms with E-state index in [1.807, 2.05) is 65.8 Å². The van der Waals surface area contributed by atoms with Gasteiger partial charge in [-0.3, -0.25) is 4.79 Å². The molecular formula is C27H29NO3S. The molecule has 166 valence electrons. The van der Waals surface area contributed by atoms with Gasteiger partial charge in [-0.05, 0) is 42.2 Å². The largest absolute Gasteiger partial charge is 0.373 e. The van der Waals surface area contributed by atoms with Crippen LogP contribution in [-0.2, 0) is 16.1 Å². The lowest BCUT2D eigenvalue weighted by Crippen LogP contribution is -2.09.